The Hall–Kier alpha value is -1.15. The molecule has 1 amide bonds. The van der Waals surface area contributed by atoms with E-state index < -0.39 is 10.0 Å². The van der Waals surface area contributed by atoms with Gasteiger partial charge in [0.15, 0.2) is 0 Å². The molecular weight excluding hydrogens is 362 g/mol. The third-order valence-electron chi connectivity index (χ3n) is 4.78. The highest BCUT2D eigenvalue weighted by atomic mass is 35.5. The van der Waals surface area contributed by atoms with Crippen molar-refractivity contribution in [2.45, 2.75) is 49.5 Å². The number of carbonyl (C=O) groups excluding carboxylic acids is 1. The second-order valence-corrected chi connectivity index (χ2v) is 8.70. The third kappa shape index (κ3) is 5.67. The van der Waals surface area contributed by atoms with Crippen molar-refractivity contribution in [2.24, 2.45) is 17.6 Å². The van der Waals surface area contributed by atoms with Crippen molar-refractivity contribution in [1.82, 2.24) is 4.72 Å². The number of rotatable bonds is 6. The van der Waals surface area contributed by atoms with Crippen LogP contribution in [-0.2, 0) is 14.8 Å². The minimum Gasteiger partial charge on any atom is -0.328 e. The van der Waals surface area contributed by atoms with Gasteiger partial charge in [-0.25, -0.2) is 13.1 Å². The largest absolute Gasteiger partial charge is 0.328 e. The number of hydrogen-bond acceptors (Lipinski definition) is 4. The number of carbonyl (C=O) groups is 1. The number of hydrogen-bond donors (Lipinski definition) is 3. The van der Waals surface area contributed by atoms with E-state index in [1.807, 2.05) is 0 Å². The second kappa shape index (κ2) is 8.49. The number of halogens is 1. The van der Waals surface area contributed by atoms with Crippen LogP contribution in [0.3, 0.4) is 0 Å². The predicted octanol–water partition coefficient (Wildman–Crippen LogP) is 2.25. The van der Waals surface area contributed by atoms with Crippen LogP contribution in [0, 0.1) is 11.8 Å². The molecule has 8 heteroatoms. The van der Waals surface area contributed by atoms with Crippen LogP contribution in [0.4, 0.5) is 5.69 Å². The molecule has 0 radical (unpaired) electrons. The molecule has 2 aliphatic rings. The van der Waals surface area contributed by atoms with E-state index in [-0.39, 0.29) is 35.2 Å². The molecule has 3 rings (SSSR count). The number of benzene rings is 1. The summed E-state index contributed by atoms with van der Waals surface area (Å²) in [4.78, 5) is 12.5. The monoisotopic (exact) mass is 387 g/mol. The Labute approximate surface area is 155 Å². The van der Waals surface area contributed by atoms with Gasteiger partial charge in [0.25, 0.3) is 0 Å². The lowest BCUT2D eigenvalue weighted by Gasteiger charge is -2.25. The highest BCUT2D eigenvalue weighted by Gasteiger charge is 2.26. The SMILES string of the molecule is Cl.NC1CCCC(C(=O)Nc2ccc(S(=O)(=O)NCC3CC3)cc2)C1. The fourth-order valence-electron chi connectivity index (χ4n) is 3.06. The quantitative estimate of drug-likeness (QED) is 0.696. The Bertz CT molecular complexity index is 690. The van der Waals surface area contributed by atoms with E-state index in [0.29, 0.717) is 24.6 Å². The molecule has 2 aliphatic carbocycles. The van der Waals surface area contributed by atoms with Gasteiger partial charge in [0.2, 0.25) is 15.9 Å². The Morgan fingerprint density at radius 2 is 1.80 bits per heavy atom. The van der Waals surface area contributed by atoms with Crippen LogP contribution in [0.2, 0.25) is 0 Å². The maximum Gasteiger partial charge on any atom is 0.240 e. The Balaban J connectivity index is 0.00000225. The summed E-state index contributed by atoms with van der Waals surface area (Å²) in [6.07, 6.45) is 5.71. The van der Waals surface area contributed by atoms with Crippen LogP contribution in [0.15, 0.2) is 29.2 Å². The molecule has 25 heavy (non-hydrogen) atoms. The minimum absolute atomic E-state index is 0. The lowest BCUT2D eigenvalue weighted by molar-refractivity contribution is -0.120. The van der Waals surface area contributed by atoms with Crippen molar-refractivity contribution in [1.29, 1.82) is 0 Å². The molecule has 140 valence electrons. The highest BCUT2D eigenvalue weighted by molar-refractivity contribution is 7.89. The summed E-state index contributed by atoms with van der Waals surface area (Å²) in [5.74, 6) is 0.394. The smallest absolute Gasteiger partial charge is 0.240 e. The average Bonchev–Trinajstić information content (AvgIpc) is 3.38. The van der Waals surface area contributed by atoms with Crippen molar-refractivity contribution >= 4 is 34.0 Å². The molecule has 0 spiro atoms. The zero-order valence-corrected chi connectivity index (χ0v) is 15.7. The van der Waals surface area contributed by atoms with Crippen LogP contribution in [-0.4, -0.2) is 26.9 Å². The van der Waals surface area contributed by atoms with Gasteiger partial charge < -0.3 is 11.1 Å². The first-order valence-electron chi connectivity index (χ1n) is 8.60. The molecule has 0 aromatic heterocycles. The van der Waals surface area contributed by atoms with E-state index in [0.717, 1.165) is 32.1 Å². The molecule has 0 heterocycles. The van der Waals surface area contributed by atoms with Crippen molar-refractivity contribution in [3.63, 3.8) is 0 Å². The highest BCUT2D eigenvalue weighted by Crippen LogP contribution is 2.28. The van der Waals surface area contributed by atoms with E-state index in [9.17, 15) is 13.2 Å². The van der Waals surface area contributed by atoms with E-state index in [4.69, 9.17) is 5.73 Å². The van der Waals surface area contributed by atoms with E-state index in [2.05, 4.69) is 10.0 Å². The molecule has 2 atom stereocenters. The number of nitrogens with one attached hydrogen (secondary N) is 2. The predicted molar refractivity (Wildman–Crippen MR) is 100 cm³/mol. The van der Waals surface area contributed by atoms with E-state index >= 15 is 0 Å². The fourth-order valence-corrected chi connectivity index (χ4v) is 4.18. The Kier molecular flexibility index (Phi) is 6.85. The fraction of sp³-hybridized carbons (Fsp3) is 0.588. The number of nitrogens with two attached hydrogens (primary N) is 1. The first-order valence-corrected chi connectivity index (χ1v) is 10.1. The topological polar surface area (TPSA) is 101 Å². The van der Waals surface area contributed by atoms with Gasteiger partial charge in [-0.05, 0) is 62.3 Å². The molecule has 4 N–H and O–H groups in total. The van der Waals surface area contributed by atoms with Crippen molar-refractivity contribution < 1.29 is 13.2 Å². The molecule has 1 aromatic carbocycles. The molecule has 6 nitrogen and oxygen atoms in total. The summed E-state index contributed by atoms with van der Waals surface area (Å²) in [7, 11) is -3.47. The number of anilines is 1. The molecule has 0 aliphatic heterocycles. The normalized spacial score (nSPS) is 23.6. The summed E-state index contributed by atoms with van der Waals surface area (Å²) in [5.41, 5.74) is 6.54. The third-order valence-corrected chi connectivity index (χ3v) is 6.22. The van der Waals surface area contributed by atoms with Crippen LogP contribution in [0.1, 0.15) is 38.5 Å². The Morgan fingerprint density at radius 1 is 1.12 bits per heavy atom. The van der Waals surface area contributed by atoms with Gasteiger partial charge in [-0.3, -0.25) is 4.79 Å². The summed E-state index contributed by atoms with van der Waals surface area (Å²) in [6.45, 7) is 0.503. The van der Waals surface area contributed by atoms with Gasteiger partial charge in [0, 0.05) is 24.2 Å². The van der Waals surface area contributed by atoms with Gasteiger partial charge in [0.05, 0.1) is 4.90 Å². The summed E-state index contributed by atoms with van der Waals surface area (Å²) >= 11 is 0. The summed E-state index contributed by atoms with van der Waals surface area (Å²) < 4.78 is 27.0. The summed E-state index contributed by atoms with van der Waals surface area (Å²) in [5, 5.41) is 2.86. The van der Waals surface area contributed by atoms with Crippen LogP contribution in [0.5, 0.6) is 0 Å². The molecule has 2 saturated carbocycles. The summed E-state index contributed by atoms with van der Waals surface area (Å²) in [6, 6.07) is 6.41. The van der Waals surface area contributed by atoms with Crippen LogP contribution < -0.4 is 15.8 Å². The molecule has 2 unspecified atom stereocenters. The first-order chi connectivity index (χ1) is 11.4. The van der Waals surface area contributed by atoms with Gasteiger partial charge in [-0.2, -0.15) is 0 Å². The number of sulfonamides is 1. The Morgan fingerprint density at radius 3 is 2.40 bits per heavy atom. The molecule has 0 bridgehead atoms. The van der Waals surface area contributed by atoms with Crippen LogP contribution >= 0.6 is 12.4 Å². The van der Waals surface area contributed by atoms with Gasteiger partial charge in [0.1, 0.15) is 0 Å². The zero-order valence-electron chi connectivity index (χ0n) is 14.1. The van der Waals surface area contributed by atoms with Gasteiger partial charge >= 0.3 is 0 Å². The average molecular weight is 388 g/mol. The minimum atomic E-state index is -3.47. The zero-order chi connectivity index (χ0) is 17.2. The lowest BCUT2D eigenvalue weighted by Crippen LogP contribution is -2.34. The maximum absolute atomic E-state index is 12.3. The van der Waals surface area contributed by atoms with Gasteiger partial charge in [-0.15, -0.1) is 12.4 Å². The molecular formula is C17H26ClN3O3S. The van der Waals surface area contributed by atoms with Crippen LogP contribution in [0.25, 0.3) is 0 Å². The lowest BCUT2D eigenvalue weighted by atomic mass is 9.85. The molecule has 1 aromatic rings. The van der Waals surface area contributed by atoms with Crippen molar-refractivity contribution in [3.05, 3.63) is 24.3 Å². The maximum atomic E-state index is 12.3. The molecule has 2 fully saturated rings. The van der Waals surface area contributed by atoms with E-state index in [1.54, 1.807) is 12.1 Å². The number of amides is 1. The van der Waals surface area contributed by atoms with E-state index in [1.165, 1.54) is 12.1 Å². The van der Waals surface area contributed by atoms with Crippen molar-refractivity contribution in [3.8, 4) is 0 Å². The van der Waals surface area contributed by atoms with Gasteiger partial charge in [-0.1, -0.05) is 6.42 Å². The second-order valence-electron chi connectivity index (χ2n) is 6.93. The molecule has 0 saturated heterocycles. The standard InChI is InChI=1S/C17H25N3O3S.ClH/c18-14-3-1-2-13(10-14)17(21)20-15-6-8-16(9-7-15)24(22,23)19-11-12-4-5-12;/h6-9,12-14,19H,1-5,10-11,18H2,(H,20,21);1H. The van der Waals surface area contributed by atoms with Crippen molar-refractivity contribution in [2.75, 3.05) is 11.9 Å². The first kappa shape index (κ1) is 20.2.